The summed E-state index contributed by atoms with van der Waals surface area (Å²) < 4.78 is 11.1. The van der Waals surface area contributed by atoms with Crippen LogP contribution in [0.5, 0.6) is 17.2 Å². The average Bonchev–Trinajstić information content (AvgIpc) is 2.64. The fourth-order valence-corrected chi connectivity index (χ4v) is 2.37. The first kappa shape index (κ1) is 16.9. The van der Waals surface area contributed by atoms with E-state index in [0.29, 0.717) is 33.5 Å². The lowest BCUT2D eigenvalue weighted by atomic mass is 10.2. The van der Waals surface area contributed by atoms with Gasteiger partial charge in [-0.05, 0) is 60.7 Å². The van der Waals surface area contributed by atoms with Crippen molar-refractivity contribution in [1.29, 1.82) is 0 Å². The molecule has 0 spiro atoms. The minimum atomic E-state index is -0.199. The molecule has 0 aliphatic heterocycles. The molecular weight excluding hydrogens is 338 g/mol. The Morgan fingerprint density at radius 2 is 1.52 bits per heavy atom. The second kappa shape index (κ2) is 7.73. The molecule has 3 aromatic carbocycles. The molecule has 126 valence electrons. The van der Waals surface area contributed by atoms with Crippen molar-refractivity contribution < 1.29 is 14.3 Å². The fourth-order valence-electron chi connectivity index (χ4n) is 2.24. The number of rotatable bonds is 5. The van der Waals surface area contributed by atoms with Gasteiger partial charge in [-0.25, -0.2) is 0 Å². The van der Waals surface area contributed by atoms with Crippen LogP contribution in [-0.4, -0.2) is 13.0 Å². The van der Waals surface area contributed by atoms with Crippen molar-refractivity contribution in [2.24, 2.45) is 0 Å². The molecule has 0 unspecified atom stereocenters. The Morgan fingerprint density at radius 3 is 2.16 bits per heavy atom. The highest BCUT2D eigenvalue weighted by Crippen LogP contribution is 2.31. The second-order valence-electron chi connectivity index (χ2n) is 5.24. The van der Waals surface area contributed by atoms with Gasteiger partial charge in [0.05, 0.1) is 7.11 Å². The Labute approximate surface area is 151 Å². The van der Waals surface area contributed by atoms with E-state index in [1.54, 1.807) is 55.6 Å². The maximum Gasteiger partial charge on any atom is 0.255 e. The van der Waals surface area contributed by atoms with E-state index >= 15 is 0 Å². The largest absolute Gasteiger partial charge is 0.493 e. The first-order valence-corrected chi connectivity index (χ1v) is 8.01. The van der Waals surface area contributed by atoms with Crippen molar-refractivity contribution in [3.8, 4) is 17.2 Å². The molecule has 0 aliphatic carbocycles. The predicted molar refractivity (Wildman–Crippen MR) is 98.9 cm³/mol. The monoisotopic (exact) mass is 353 g/mol. The molecule has 3 aromatic rings. The highest BCUT2D eigenvalue weighted by Gasteiger charge is 2.07. The summed E-state index contributed by atoms with van der Waals surface area (Å²) in [6, 6.07) is 21.2. The molecule has 0 aromatic heterocycles. The number of carbonyl (C=O) groups excluding carboxylic acids is 1. The number of nitrogens with one attached hydrogen (secondary N) is 1. The van der Waals surface area contributed by atoms with Crippen molar-refractivity contribution in [3.05, 3.63) is 83.4 Å². The van der Waals surface area contributed by atoms with Gasteiger partial charge in [0, 0.05) is 16.3 Å². The molecule has 3 rings (SSSR count). The summed E-state index contributed by atoms with van der Waals surface area (Å²) in [5.74, 6) is 1.73. The summed E-state index contributed by atoms with van der Waals surface area (Å²) in [4.78, 5) is 12.2. The van der Waals surface area contributed by atoms with E-state index in [4.69, 9.17) is 21.1 Å². The molecule has 0 saturated carbocycles. The predicted octanol–water partition coefficient (Wildman–Crippen LogP) is 5.39. The number of hydrogen-bond donors (Lipinski definition) is 1. The molecule has 5 heteroatoms. The molecule has 4 nitrogen and oxygen atoms in total. The zero-order chi connectivity index (χ0) is 17.6. The lowest BCUT2D eigenvalue weighted by Gasteiger charge is -2.11. The van der Waals surface area contributed by atoms with E-state index in [2.05, 4.69) is 5.32 Å². The van der Waals surface area contributed by atoms with Crippen LogP contribution in [0.3, 0.4) is 0 Å². The van der Waals surface area contributed by atoms with Crippen molar-refractivity contribution >= 4 is 23.2 Å². The Morgan fingerprint density at radius 1 is 0.880 bits per heavy atom. The summed E-state index contributed by atoms with van der Waals surface area (Å²) in [7, 11) is 1.59. The van der Waals surface area contributed by atoms with Gasteiger partial charge < -0.3 is 14.8 Å². The number of ether oxygens (including phenoxy) is 2. The smallest absolute Gasteiger partial charge is 0.255 e. The van der Waals surface area contributed by atoms with Gasteiger partial charge in [0.1, 0.15) is 5.75 Å². The van der Waals surface area contributed by atoms with Gasteiger partial charge >= 0.3 is 0 Å². The maximum atomic E-state index is 12.2. The summed E-state index contributed by atoms with van der Waals surface area (Å²) in [5, 5.41) is 3.42. The maximum absolute atomic E-state index is 12.2. The molecule has 0 bridgehead atoms. The van der Waals surface area contributed by atoms with Gasteiger partial charge in [0.25, 0.3) is 5.91 Å². The van der Waals surface area contributed by atoms with Crippen molar-refractivity contribution in [3.63, 3.8) is 0 Å². The molecule has 0 radical (unpaired) electrons. The first-order chi connectivity index (χ1) is 12.2. The number of methoxy groups -OCH3 is 1. The SMILES string of the molecule is COc1ccccc1Oc1ccc(NC(=O)c2ccc(Cl)cc2)cc1. The van der Waals surface area contributed by atoms with Crippen LogP contribution >= 0.6 is 11.6 Å². The third kappa shape index (κ3) is 4.31. The van der Waals surface area contributed by atoms with Crippen molar-refractivity contribution in [1.82, 2.24) is 0 Å². The van der Waals surface area contributed by atoms with Crippen LogP contribution < -0.4 is 14.8 Å². The minimum Gasteiger partial charge on any atom is -0.493 e. The molecule has 0 saturated heterocycles. The third-order valence-corrected chi connectivity index (χ3v) is 3.77. The zero-order valence-electron chi connectivity index (χ0n) is 13.5. The van der Waals surface area contributed by atoms with Crippen LogP contribution in [0.15, 0.2) is 72.8 Å². The molecule has 25 heavy (non-hydrogen) atoms. The van der Waals surface area contributed by atoms with Crippen molar-refractivity contribution in [2.75, 3.05) is 12.4 Å². The molecule has 0 aliphatic rings. The number of halogens is 1. The quantitative estimate of drug-likeness (QED) is 0.668. The number of hydrogen-bond acceptors (Lipinski definition) is 3. The third-order valence-electron chi connectivity index (χ3n) is 3.52. The fraction of sp³-hybridized carbons (Fsp3) is 0.0500. The summed E-state index contributed by atoms with van der Waals surface area (Å²) in [6.45, 7) is 0. The number of anilines is 1. The van der Waals surface area contributed by atoms with Gasteiger partial charge in [-0.2, -0.15) is 0 Å². The van der Waals surface area contributed by atoms with Gasteiger partial charge in [0.2, 0.25) is 0 Å². The lowest BCUT2D eigenvalue weighted by Crippen LogP contribution is -2.11. The molecule has 0 atom stereocenters. The summed E-state index contributed by atoms with van der Waals surface area (Å²) in [5.41, 5.74) is 1.21. The van der Waals surface area contributed by atoms with Gasteiger partial charge in [-0.15, -0.1) is 0 Å². The van der Waals surface area contributed by atoms with E-state index < -0.39 is 0 Å². The highest BCUT2D eigenvalue weighted by molar-refractivity contribution is 6.30. The van der Waals surface area contributed by atoms with Crippen LogP contribution in [0, 0.1) is 0 Å². The number of carbonyl (C=O) groups is 1. The lowest BCUT2D eigenvalue weighted by molar-refractivity contribution is 0.102. The van der Waals surface area contributed by atoms with Crippen LogP contribution in [0.2, 0.25) is 5.02 Å². The highest BCUT2D eigenvalue weighted by atomic mass is 35.5. The Balaban J connectivity index is 1.68. The minimum absolute atomic E-state index is 0.199. The number of amides is 1. The molecular formula is C20H16ClNO3. The van der Waals surface area contributed by atoms with Gasteiger partial charge in [-0.3, -0.25) is 4.79 Å². The molecule has 0 fully saturated rings. The Hall–Kier alpha value is -2.98. The summed E-state index contributed by atoms with van der Waals surface area (Å²) >= 11 is 5.83. The first-order valence-electron chi connectivity index (χ1n) is 7.63. The second-order valence-corrected chi connectivity index (χ2v) is 5.67. The molecule has 1 amide bonds. The summed E-state index contributed by atoms with van der Waals surface area (Å²) in [6.07, 6.45) is 0. The average molecular weight is 354 g/mol. The van der Waals surface area contributed by atoms with E-state index in [0.717, 1.165) is 0 Å². The van der Waals surface area contributed by atoms with Crippen LogP contribution in [0.4, 0.5) is 5.69 Å². The van der Waals surface area contributed by atoms with Crippen LogP contribution in [0.1, 0.15) is 10.4 Å². The van der Waals surface area contributed by atoms with Crippen molar-refractivity contribution in [2.45, 2.75) is 0 Å². The van der Waals surface area contributed by atoms with E-state index in [1.807, 2.05) is 24.3 Å². The Bertz CT molecular complexity index is 861. The van der Waals surface area contributed by atoms with E-state index in [9.17, 15) is 4.79 Å². The number of benzene rings is 3. The van der Waals surface area contributed by atoms with Crippen LogP contribution in [-0.2, 0) is 0 Å². The zero-order valence-corrected chi connectivity index (χ0v) is 14.3. The Kier molecular flexibility index (Phi) is 5.21. The van der Waals surface area contributed by atoms with Gasteiger partial charge in [0.15, 0.2) is 11.5 Å². The van der Waals surface area contributed by atoms with Crippen LogP contribution in [0.25, 0.3) is 0 Å². The molecule has 1 N–H and O–H groups in total. The van der Waals surface area contributed by atoms with E-state index in [1.165, 1.54) is 0 Å². The topological polar surface area (TPSA) is 47.6 Å². The van der Waals surface area contributed by atoms with Gasteiger partial charge in [-0.1, -0.05) is 23.7 Å². The van der Waals surface area contributed by atoms with E-state index in [-0.39, 0.29) is 5.91 Å². The standard InChI is InChI=1S/C20H16ClNO3/c1-24-18-4-2-3-5-19(18)25-17-12-10-16(11-13-17)22-20(23)14-6-8-15(21)9-7-14/h2-13H,1H3,(H,22,23). The normalized spacial score (nSPS) is 10.2. The number of para-hydroxylation sites is 2. The molecule has 0 heterocycles.